The van der Waals surface area contributed by atoms with E-state index in [0.29, 0.717) is 45.2 Å². The van der Waals surface area contributed by atoms with Gasteiger partial charge in [0.2, 0.25) is 23.6 Å². The Morgan fingerprint density at radius 2 is 1.45 bits per heavy atom. The van der Waals surface area contributed by atoms with Crippen LogP contribution in [0.25, 0.3) is 0 Å². The highest BCUT2D eigenvalue weighted by molar-refractivity contribution is 5.94. The smallest absolute Gasteiger partial charge is 0.243 e. The Labute approximate surface area is 247 Å². The van der Waals surface area contributed by atoms with E-state index in [1.54, 1.807) is 0 Å². The Balaban J connectivity index is 1.71. The second-order valence-corrected chi connectivity index (χ2v) is 11.8. The normalized spacial score (nSPS) is 21.3. The molecule has 0 saturated heterocycles. The van der Waals surface area contributed by atoms with Crippen molar-refractivity contribution in [1.29, 1.82) is 5.41 Å². The van der Waals surface area contributed by atoms with Crippen LogP contribution in [0.1, 0.15) is 63.4 Å². The largest absolute Gasteiger partial charge is 0.370 e. The Bertz CT molecular complexity index is 1080. The number of rotatable bonds is 19. The van der Waals surface area contributed by atoms with Crippen LogP contribution in [0.2, 0.25) is 0 Å². The van der Waals surface area contributed by atoms with Crippen LogP contribution in [0, 0.1) is 16.7 Å². The molecule has 13 N–H and O–H groups in total. The monoisotopic (exact) mass is 585 g/mol. The summed E-state index contributed by atoms with van der Waals surface area (Å²) >= 11 is 0. The summed E-state index contributed by atoms with van der Waals surface area (Å²) in [5.41, 5.74) is 23.7. The van der Waals surface area contributed by atoms with Crippen molar-refractivity contribution in [2.45, 2.75) is 88.4 Å². The van der Waals surface area contributed by atoms with E-state index in [2.05, 4.69) is 21.3 Å². The Kier molecular flexibility index (Phi) is 12.1. The minimum Gasteiger partial charge on any atom is -0.370 e. The van der Waals surface area contributed by atoms with Gasteiger partial charge in [0.05, 0.1) is 6.04 Å². The van der Waals surface area contributed by atoms with Gasteiger partial charge in [0.25, 0.3) is 0 Å². The minimum atomic E-state index is -1.04. The average molecular weight is 586 g/mol. The lowest BCUT2D eigenvalue weighted by atomic mass is 9.43. The average Bonchev–Trinajstić information content (AvgIpc) is 2.90. The molecule has 4 amide bonds. The van der Waals surface area contributed by atoms with Crippen molar-refractivity contribution >= 4 is 29.6 Å². The van der Waals surface area contributed by atoms with Gasteiger partial charge < -0.3 is 44.2 Å². The Morgan fingerprint density at radius 1 is 0.857 bits per heavy atom. The zero-order chi connectivity index (χ0) is 30.7. The summed E-state index contributed by atoms with van der Waals surface area (Å²) in [6.45, 7) is 0.773. The van der Waals surface area contributed by atoms with Crippen molar-refractivity contribution in [2.24, 2.45) is 34.3 Å². The summed E-state index contributed by atoms with van der Waals surface area (Å²) in [6.07, 6.45) is 6.27. The molecule has 1 aromatic rings. The van der Waals surface area contributed by atoms with Gasteiger partial charge in [-0.1, -0.05) is 30.3 Å². The van der Waals surface area contributed by atoms with Crippen LogP contribution >= 0.6 is 0 Å². The molecule has 3 saturated carbocycles. The minimum absolute atomic E-state index is 0.155. The highest BCUT2D eigenvalue weighted by Crippen LogP contribution is 2.66. The van der Waals surface area contributed by atoms with Crippen LogP contribution in [-0.4, -0.2) is 66.8 Å². The van der Waals surface area contributed by atoms with E-state index in [1.165, 1.54) is 0 Å². The first-order chi connectivity index (χ1) is 20.0. The summed E-state index contributed by atoms with van der Waals surface area (Å²) in [5, 5.41) is 18.3. The van der Waals surface area contributed by atoms with Gasteiger partial charge in [-0.25, -0.2) is 0 Å². The van der Waals surface area contributed by atoms with Crippen LogP contribution < -0.4 is 44.2 Å². The van der Waals surface area contributed by atoms with Crippen LogP contribution in [0.3, 0.4) is 0 Å². The molecular weight excluding hydrogens is 538 g/mol. The van der Waals surface area contributed by atoms with Gasteiger partial charge in [0.15, 0.2) is 5.96 Å². The first kappa shape index (κ1) is 32.8. The molecule has 4 rings (SSSR count). The first-order valence-corrected chi connectivity index (χ1v) is 14.8. The van der Waals surface area contributed by atoms with Gasteiger partial charge in [0.1, 0.15) is 18.1 Å². The van der Waals surface area contributed by atoms with Crippen molar-refractivity contribution in [2.75, 3.05) is 13.1 Å². The third-order valence-corrected chi connectivity index (χ3v) is 8.30. The van der Waals surface area contributed by atoms with Gasteiger partial charge in [-0.15, -0.1) is 0 Å². The summed E-state index contributed by atoms with van der Waals surface area (Å²) < 4.78 is 0. The van der Waals surface area contributed by atoms with E-state index in [4.69, 9.17) is 28.3 Å². The number of guanidine groups is 1. The second kappa shape index (κ2) is 15.5. The molecule has 1 aromatic carbocycles. The van der Waals surface area contributed by atoms with Gasteiger partial charge >= 0.3 is 0 Å². The molecular formula is C29H47N9O4. The lowest BCUT2D eigenvalue weighted by molar-refractivity contribution is -0.138. The quantitative estimate of drug-likeness (QED) is 0.0557. The molecule has 0 aliphatic heterocycles. The summed E-state index contributed by atoms with van der Waals surface area (Å²) in [6, 6.07) is 5.47. The van der Waals surface area contributed by atoms with Gasteiger partial charge in [-0.05, 0) is 81.2 Å². The van der Waals surface area contributed by atoms with Crippen molar-refractivity contribution in [3.05, 3.63) is 35.9 Å². The van der Waals surface area contributed by atoms with E-state index >= 15 is 0 Å². The predicted molar refractivity (Wildman–Crippen MR) is 160 cm³/mol. The number of primary amides is 1. The maximum absolute atomic E-state index is 13.6. The standard InChI is InChI=1S/C29H47N9O4/c30-11-5-4-9-21(24(32)39)36-27(42)23(13-18-7-2-1-3-8-18)38-26(41)22(10-6-12-35-28(33)34)37-25(40)20(31)17-29-14-19(15-29)16-29/h1-3,7-8,19-23H,4-6,9-17,30-31H2,(H2,32,39)(H,36,42)(H,37,40)(H,38,41)(H4,33,34,35)/t19?,20-,21-,22-,23-,29?/m0/s1. The summed E-state index contributed by atoms with van der Waals surface area (Å²) in [7, 11) is 0. The molecule has 0 radical (unpaired) electrons. The molecule has 13 heteroatoms. The number of nitrogens with two attached hydrogens (primary N) is 4. The van der Waals surface area contributed by atoms with Crippen LogP contribution in [0.15, 0.2) is 30.3 Å². The third-order valence-electron chi connectivity index (χ3n) is 8.30. The molecule has 3 aliphatic carbocycles. The van der Waals surface area contributed by atoms with Crippen molar-refractivity contribution < 1.29 is 19.2 Å². The lowest BCUT2D eigenvalue weighted by Crippen LogP contribution is -2.59. The predicted octanol–water partition coefficient (Wildman–Crippen LogP) is -0.921. The number of nitrogens with one attached hydrogen (secondary N) is 5. The molecule has 0 aromatic heterocycles. The number of hydrogen-bond donors (Lipinski definition) is 9. The SMILES string of the molecule is N=C(N)NCCC[C@H](NC(=O)[C@@H](N)CC12CC(C1)C2)C(=O)N[C@@H](Cc1ccccc1)C(=O)N[C@@H](CCCCN)C(N)=O. The molecule has 4 atom stereocenters. The molecule has 232 valence electrons. The summed E-state index contributed by atoms with van der Waals surface area (Å²) in [4.78, 5) is 52.1. The maximum Gasteiger partial charge on any atom is 0.243 e. The summed E-state index contributed by atoms with van der Waals surface area (Å²) in [5.74, 6) is -1.65. The zero-order valence-corrected chi connectivity index (χ0v) is 24.2. The van der Waals surface area contributed by atoms with Crippen LogP contribution in [-0.2, 0) is 25.6 Å². The van der Waals surface area contributed by atoms with E-state index in [0.717, 1.165) is 30.7 Å². The number of hydrogen-bond acceptors (Lipinski definition) is 7. The van der Waals surface area contributed by atoms with Crippen molar-refractivity contribution in [3.8, 4) is 0 Å². The van der Waals surface area contributed by atoms with E-state index in [1.807, 2.05) is 30.3 Å². The van der Waals surface area contributed by atoms with Crippen LogP contribution in [0.5, 0.6) is 0 Å². The molecule has 0 spiro atoms. The topological polar surface area (TPSA) is 244 Å². The second-order valence-electron chi connectivity index (χ2n) is 11.8. The number of carbonyl (C=O) groups excluding carboxylic acids is 4. The molecule has 2 bridgehead atoms. The third kappa shape index (κ3) is 9.69. The van der Waals surface area contributed by atoms with Gasteiger partial charge in [-0.3, -0.25) is 24.6 Å². The number of benzene rings is 1. The lowest BCUT2D eigenvalue weighted by Gasteiger charge is -2.62. The fraction of sp³-hybridized carbons (Fsp3) is 0.621. The van der Waals surface area contributed by atoms with E-state index < -0.39 is 47.8 Å². The van der Waals surface area contributed by atoms with Crippen molar-refractivity contribution in [3.63, 3.8) is 0 Å². The fourth-order valence-corrected chi connectivity index (χ4v) is 5.93. The molecule has 3 aliphatic rings. The first-order valence-electron chi connectivity index (χ1n) is 14.8. The molecule has 42 heavy (non-hydrogen) atoms. The maximum atomic E-state index is 13.6. The Hall–Kier alpha value is -3.71. The molecule has 3 fully saturated rings. The Morgan fingerprint density at radius 3 is 2.02 bits per heavy atom. The number of unbranched alkanes of at least 4 members (excludes halogenated alkanes) is 1. The van der Waals surface area contributed by atoms with Gasteiger partial charge in [-0.2, -0.15) is 0 Å². The fourth-order valence-electron chi connectivity index (χ4n) is 5.93. The zero-order valence-electron chi connectivity index (χ0n) is 24.2. The number of amides is 4. The van der Waals surface area contributed by atoms with Crippen LogP contribution in [0.4, 0.5) is 0 Å². The van der Waals surface area contributed by atoms with Crippen molar-refractivity contribution in [1.82, 2.24) is 21.3 Å². The number of carbonyl (C=O) groups is 4. The highest BCUT2D eigenvalue weighted by Gasteiger charge is 2.57. The van der Waals surface area contributed by atoms with Gasteiger partial charge in [0, 0.05) is 13.0 Å². The molecule has 0 heterocycles. The molecule has 13 nitrogen and oxygen atoms in total. The molecule has 0 unspecified atom stereocenters. The highest BCUT2D eigenvalue weighted by atomic mass is 16.2. The van der Waals surface area contributed by atoms with E-state index in [-0.39, 0.29) is 24.2 Å². The van der Waals surface area contributed by atoms with E-state index in [9.17, 15) is 19.2 Å².